The van der Waals surface area contributed by atoms with Crippen molar-refractivity contribution in [3.63, 3.8) is 0 Å². The zero-order valence-electron chi connectivity index (χ0n) is 34.2. The Labute approximate surface area is 328 Å². The number of hydrogen-bond acceptors (Lipinski definition) is 7. The number of aliphatic hydroxyl groups is 2. The van der Waals surface area contributed by atoms with Crippen molar-refractivity contribution in [2.75, 3.05) is 5.73 Å². The van der Waals surface area contributed by atoms with Gasteiger partial charge in [0.05, 0.1) is 17.8 Å². The van der Waals surface area contributed by atoms with E-state index in [1.807, 2.05) is 38.1 Å². The van der Waals surface area contributed by atoms with Crippen LogP contribution in [0.1, 0.15) is 142 Å². The van der Waals surface area contributed by atoms with Gasteiger partial charge in [-0.3, -0.25) is 9.59 Å². The van der Waals surface area contributed by atoms with Crippen LogP contribution in [0.5, 0.6) is 5.75 Å². The third kappa shape index (κ3) is 5.74. The number of ether oxygens (including phenoxy) is 1. The Bertz CT molecular complexity index is 1900. The third-order valence-corrected chi connectivity index (χ3v) is 17.1. The van der Waals surface area contributed by atoms with E-state index in [-0.39, 0.29) is 57.9 Å². The summed E-state index contributed by atoms with van der Waals surface area (Å²) in [5, 5.41) is 34.7. The Kier molecular flexibility index (Phi) is 9.38. The molecule has 1 saturated heterocycles. The van der Waals surface area contributed by atoms with Crippen LogP contribution in [-0.2, 0) is 14.3 Å². The zero-order valence-corrected chi connectivity index (χ0v) is 34.2. The molecule has 5 N–H and O–H groups in total. The summed E-state index contributed by atoms with van der Waals surface area (Å²) in [6.07, 6.45) is 7.24. The third-order valence-electron chi connectivity index (χ3n) is 17.1. The molecular weight excluding hydrogens is 687 g/mol. The lowest BCUT2D eigenvalue weighted by atomic mass is 9.35. The molecule has 4 saturated carbocycles. The highest BCUT2D eigenvalue weighted by Crippen LogP contribution is 2.75. The van der Waals surface area contributed by atoms with Crippen LogP contribution in [-0.4, -0.2) is 50.8 Å². The molecule has 8 rings (SSSR count). The molecule has 0 bridgehead atoms. The van der Waals surface area contributed by atoms with Gasteiger partial charge in [0.25, 0.3) is 0 Å². The lowest BCUT2D eigenvalue weighted by Gasteiger charge is -2.69. The highest BCUT2D eigenvalue weighted by Gasteiger charge is 2.71. The molecule has 0 amide bonds. The predicted octanol–water partition coefficient (Wildman–Crippen LogP) is 9.04. The first kappa shape index (κ1) is 38.9. The van der Waals surface area contributed by atoms with Crippen molar-refractivity contribution >= 4 is 17.3 Å². The van der Waals surface area contributed by atoms with Crippen LogP contribution in [0.4, 0.5) is 5.69 Å². The van der Waals surface area contributed by atoms with E-state index in [4.69, 9.17) is 10.5 Å². The van der Waals surface area contributed by atoms with Crippen LogP contribution in [0.2, 0.25) is 0 Å². The molecule has 55 heavy (non-hydrogen) atoms. The van der Waals surface area contributed by atoms with Gasteiger partial charge in [0, 0.05) is 34.8 Å². The summed E-state index contributed by atoms with van der Waals surface area (Å²) >= 11 is 0. The maximum absolute atomic E-state index is 14.6. The number of anilines is 1. The largest absolute Gasteiger partial charge is 0.508 e. The van der Waals surface area contributed by atoms with Gasteiger partial charge in [0.15, 0.2) is 5.78 Å². The molecule has 1 heterocycles. The molecule has 2 aromatic rings. The zero-order chi connectivity index (χ0) is 39.5. The van der Waals surface area contributed by atoms with Crippen LogP contribution in [0.25, 0.3) is 0 Å². The maximum Gasteiger partial charge on any atom is 0.160 e. The van der Waals surface area contributed by atoms with E-state index in [1.165, 1.54) is 11.1 Å². The number of carbonyl (C=O) groups excluding carboxylic acids is 2. The minimum absolute atomic E-state index is 0.0514. The van der Waals surface area contributed by atoms with Gasteiger partial charge in [0.2, 0.25) is 0 Å². The van der Waals surface area contributed by atoms with E-state index in [2.05, 4.69) is 46.8 Å². The number of carbonyl (C=O) groups is 2. The number of aliphatic hydroxyl groups excluding tert-OH is 2. The van der Waals surface area contributed by atoms with E-state index in [9.17, 15) is 24.9 Å². The number of rotatable bonds is 9. The normalized spacial score (nSPS) is 41.7. The number of phenolic OH excluding ortho intramolecular Hbond substituents is 1. The Balaban J connectivity index is 1.08. The van der Waals surface area contributed by atoms with Crippen molar-refractivity contribution in [2.24, 2.45) is 45.3 Å². The predicted molar refractivity (Wildman–Crippen MR) is 215 cm³/mol. The Hall–Kier alpha value is -3.00. The molecule has 13 atom stereocenters. The first-order valence-electron chi connectivity index (χ1n) is 21.4. The molecule has 0 spiro atoms. The quantitative estimate of drug-likeness (QED) is 0.148. The summed E-state index contributed by atoms with van der Waals surface area (Å²) in [6, 6.07) is 15.4. The molecule has 6 aliphatic rings. The highest BCUT2D eigenvalue weighted by atomic mass is 16.6. The Morgan fingerprint density at radius 1 is 0.945 bits per heavy atom. The molecule has 0 aromatic heterocycles. The van der Waals surface area contributed by atoms with Gasteiger partial charge in [-0.15, -0.1) is 0 Å². The van der Waals surface area contributed by atoms with Crippen molar-refractivity contribution in [2.45, 2.75) is 155 Å². The summed E-state index contributed by atoms with van der Waals surface area (Å²) in [4.78, 5) is 28.8. The molecule has 298 valence electrons. The fraction of sp³-hybridized carbons (Fsp3) is 0.667. The fourth-order valence-corrected chi connectivity index (χ4v) is 14.7. The number of benzene rings is 2. The van der Waals surface area contributed by atoms with Crippen LogP contribution >= 0.6 is 0 Å². The van der Waals surface area contributed by atoms with Crippen LogP contribution < -0.4 is 5.73 Å². The van der Waals surface area contributed by atoms with Crippen molar-refractivity contribution in [3.8, 4) is 5.75 Å². The van der Waals surface area contributed by atoms with Crippen molar-refractivity contribution in [1.82, 2.24) is 0 Å². The molecule has 7 nitrogen and oxygen atoms in total. The smallest absolute Gasteiger partial charge is 0.160 e. The van der Waals surface area contributed by atoms with Gasteiger partial charge < -0.3 is 25.8 Å². The van der Waals surface area contributed by atoms with E-state index in [1.54, 1.807) is 12.1 Å². The van der Waals surface area contributed by atoms with Gasteiger partial charge in [0.1, 0.15) is 17.6 Å². The van der Waals surface area contributed by atoms with Gasteiger partial charge in [-0.05, 0) is 134 Å². The molecule has 7 heteroatoms. The number of ketones is 2. The summed E-state index contributed by atoms with van der Waals surface area (Å²) < 4.78 is 6.51. The molecule has 2 aromatic carbocycles. The second kappa shape index (κ2) is 13.3. The number of nitrogen functional groups attached to an aromatic ring is 1. The minimum atomic E-state index is -0.758. The van der Waals surface area contributed by atoms with Crippen molar-refractivity contribution in [1.29, 1.82) is 0 Å². The molecule has 13 unspecified atom stereocenters. The second-order valence-electron chi connectivity index (χ2n) is 20.4. The van der Waals surface area contributed by atoms with E-state index in [0.717, 1.165) is 61.8 Å². The number of aromatic hydroxyl groups is 1. The summed E-state index contributed by atoms with van der Waals surface area (Å²) in [7, 11) is 0. The number of fused-ring (bicyclic) bond motifs is 5. The van der Waals surface area contributed by atoms with Gasteiger partial charge in [-0.2, -0.15) is 0 Å². The maximum atomic E-state index is 14.6. The molecule has 5 aliphatic carbocycles. The van der Waals surface area contributed by atoms with Crippen LogP contribution in [0, 0.1) is 45.3 Å². The number of Topliss-reactive ketones (excluding diaryl/α,β-unsaturated/α-hetero) is 2. The molecule has 0 radical (unpaired) electrons. The summed E-state index contributed by atoms with van der Waals surface area (Å²) in [5.74, 6) is 0.716. The summed E-state index contributed by atoms with van der Waals surface area (Å²) in [5.41, 5.74) is 8.93. The highest BCUT2D eigenvalue weighted by molar-refractivity contribution is 6.00. The minimum Gasteiger partial charge on any atom is -0.508 e. The van der Waals surface area contributed by atoms with Crippen molar-refractivity contribution in [3.05, 3.63) is 70.8 Å². The monoisotopic (exact) mass is 751 g/mol. The average molecular weight is 752 g/mol. The SMILES string of the molecule is CCCC(CC(O)C1OC1(C)C1CCCC1c1cccc(N)c1)C1=C2CCC3C4(C)CC(c5cccc(O)c5)C(=O)C(C)(C)C4C(O)CC3(C)C2(C)CC1=O. The van der Waals surface area contributed by atoms with E-state index in [0.29, 0.717) is 37.5 Å². The van der Waals surface area contributed by atoms with E-state index < -0.39 is 28.6 Å². The summed E-state index contributed by atoms with van der Waals surface area (Å²) in [6.45, 7) is 15.3. The number of nitrogens with two attached hydrogens (primary N) is 1. The lowest BCUT2D eigenvalue weighted by molar-refractivity contribution is -0.219. The number of epoxide rings is 1. The van der Waals surface area contributed by atoms with E-state index >= 15 is 0 Å². The lowest BCUT2D eigenvalue weighted by Crippen LogP contribution is -2.67. The van der Waals surface area contributed by atoms with Crippen molar-refractivity contribution < 1.29 is 29.6 Å². The first-order valence-corrected chi connectivity index (χ1v) is 21.4. The topological polar surface area (TPSA) is 133 Å². The molecule has 1 aliphatic heterocycles. The first-order chi connectivity index (χ1) is 25.9. The Morgan fingerprint density at radius 3 is 2.38 bits per heavy atom. The number of hydrogen-bond donors (Lipinski definition) is 4. The fourth-order valence-electron chi connectivity index (χ4n) is 14.7. The van der Waals surface area contributed by atoms with Gasteiger partial charge >= 0.3 is 0 Å². The average Bonchev–Trinajstić information content (AvgIpc) is 3.42. The molecule has 5 fully saturated rings. The number of phenols is 1. The van der Waals surface area contributed by atoms with Gasteiger partial charge in [-0.1, -0.05) is 84.2 Å². The van der Waals surface area contributed by atoms with Crippen LogP contribution in [0.15, 0.2) is 59.7 Å². The van der Waals surface area contributed by atoms with Gasteiger partial charge in [-0.25, -0.2) is 0 Å². The van der Waals surface area contributed by atoms with Crippen LogP contribution in [0.3, 0.4) is 0 Å². The second-order valence-corrected chi connectivity index (χ2v) is 20.4. The molecular formula is C48H65NO6. The number of allylic oxidation sites excluding steroid dienone is 2. The standard InChI is InChI=1S/C48H65NO6/c1-8-12-29(23-36(51)43-48(7,55-43)34-18-11-17-32(34)27-13-9-15-30(49)21-27)40-35-19-20-39-45(4)24-33(28-14-10-16-31(50)22-28)42(54)44(2,3)41(45)38(53)26-47(39,6)46(35,5)25-37(40)52/h9-10,13-16,21-22,29,32-34,36,38-39,41,43,50-51,53H,8,11-12,17-20,23-26,49H2,1-7H3. The Morgan fingerprint density at radius 2 is 1.67 bits per heavy atom.